The quantitative estimate of drug-likeness (QED) is 0.619. The molecule has 116 valence electrons. The molecule has 23 heavy (non-hydrogen) atoms. The third-order valence-electron chi connectivity index (χ3n) is 4.26. The van der Waals surface area contributed by atoms with Gasteiger partial charge in [-0.25, -0.2) is 0 Å². The van der Waals surface area contributed by atoms with Crippen molar-refractivity contribution in [3.05, 3.63) is 64.2 Å². The summed E-state index contributed by atoms with van der Waals surface area (Å²) < 4.78 is 0. The molecule has 0 unspecified atom stereocenters. The van der Waals surface area contributed by atoms with Gasteiger partial charge >= 0.3 is 0 Å². The standard InChI is InChI=1S/C19H19N3O/c1-12-9-14(3)15(10-13(12)2)11-20-21-18-16-7-5-6-8-17(16)22(4)19(18)23/h5-11H,1-4H3/b20-11-,21-18+. The summed E-state index contributed by atoms with van der Waals surface area (Å²) in [6.07, 6.45) is 1.71. The highest BCUT2D eigenvalue weighted by Gasteiger charge is 2.30. The highest BCUT2D eigenvalue weighted by Crippen LogP contribution is 2.27. The molecule has 0 spiro atoms. The van der Waals surface area contributed by atoms with Gasteiger partial charge < -0.3 is 4.90 Å². The van der Waals surface area contributed by atoms with E-state index in [1.165, 1.54) is 11.1 Å². The third kappa shape index (κ3) is 2.68. The molecule has 0 bridgehead atoms. The minimum atomic E-state index is -0.125. The Bertz CT molecular complexity index is 850. The second kappa shape index (κ2) is 5.80. The van der Waals surface area contributed by atoms with Crippen LogP contribution in [-0.4, -0.2) is 24.9 Å². The van der Waals surface area contributed by atoms with E-state index in [0.717, 1.165) is 22.4 Å². The summed E-state index contributed by atoms with van der Waals surface area (Å²) in [4.78, 5) is 13.9. The Morgan fingerprint density at radius 2 is 1.70 bits per heavy atom. The van der Waals surface area contributed by atoms with Crippen LogP contribution in [-0.2, 0) is 4.79 Å². The van der Waals surface area contributed by atoms with E-state index in [4.69, 9.17) is 0 Å². The highest BCUT2D eigenvalue weighted by atomic mass is 16.2. The van der Waals surface area contributed by atoms with E-state index in [2.05, 4.69) is 36.2 Å². The largest absolute Gasteiger partial charge is 0.309 e. The van der Waals surface area contributed by atoms with E-state index in [0.29, 0.717) is 5.71 Å². The van der Waals surface area contributed by atoms with Gasteiger partial charge in [0.1, 0.15) is 0 Å². The molecule has 4 nitrogen and oxygen atoms in total. The van der Waals surface area contributed by atoms with Gasteiger partial charge in [0.05, 0.1) is 11.9 Å². The molecule has 2 aromatic rings. The van der Waals surface area contributed by atoms with Crippen molar-refractivity contribution >= 4 is 23.5 Å². The first-order chi connectivity index (χ1) is 11.0. The first-order valence-electron chi connectivity index (χ1n) is 7.55. The Labute approximate surface area is 136 Å². The number of hydrogen-bond acceptors (Lipinski definition) is 3. The van der Waals surface area contributed by atoms with Gasteiger partial charge in [0.15, 0.2) is 5.71 Å². The molecule has 0 aromatic heterocycles. The molecule has 0 radical (unpaired) electrons. The summed E-state index contributed by atoms with van der Waals surface area (Å²) in [5, 5.41) is 8.33. The van der Waals surface area contributed by atoms with E-state index >= 15 is 0 Å². The van der Waals surface area contributed by atoms with Crippen LogP contribution in [0.25, 0.3) is 0 Å². The number of hydrogen-bond donors (Lipinski definition) is 0. The number of carbonyl (C=O) groups is 1. The molecule has 0 N–H and O–H groups in total. The minimum absolute atomic E-state index is 0.125. The van der Waals surface area contributed by atoms with E-state index < -0.39 is 0 Å². The second-order valence-electron chi connectivity index (χ2n) is 5.87. The summed E-state index contributed by atoms with van der Waals surface area (Å²) in [7, 11) is 1.75. The zero-order valence-corrected chi connectivity index (χ0v) is 13.8. The number of fused-ring (bicyclic) bond motifs is 1. The van der Waals surface area contributed by atoms with Gasteiger partial charge in [-0.2, -0.15) is 5.10 Å². The Morgan fingerprint density at radius 3 is 2.48 bits per heavy atom. The number of nitrogens with zero attached hydrogens (tertiary/aromatic N) is 3. The zero-order chi connectivity index (χ0) is 16.6. The summed E-state index contributed by atoms with van der Waals surface area (Å²) in [6, 6.07) is 11.8. The monoisotopic (exact) mass is 305 g/mol. The van der Waals surface area contributed by atoms with E-state index in [1.807, 2.05) is 31.2 Å². The lowest BCUT2D eigenvalue weighted by Crippen LogP contribution is -2.25. The lowest BCUT2D eigenvalue weighted by molar-refractivity contribution is -0.111. The molecule has 1 aliphatic heterocycles. The van der Waals surface area contributed by atoms with E-state index in [-0.39, 0.29) is 5.91 Å². The van der Waals surface area contributed by atoms with E-state index in [1.54, 1.807) is 18.2 Å². The van der Waals surface area contributed by atoms with Gasteiger partial charge in [0, 0.05) is 12.6 Å². The fraction of sp³-hybridized carbons (Fsp3) is 0.211. The molecule has 1 heterocycles. The molecule has 1 aliphatic rings. The lowest BCUT2D eigenvalue weighted by Gasteiger charge is -2.07. The third-order valence-corrected chi connectivity index (χ3v) is 4.26. The Hall–Kier alpha value is -2.75. The number of benzene rings is 2. The number of amides is 1. The fourth-order valence-electron chi connectivity index (χ4n) is 2.72. The lowest BCUT2D eigenvalue weighted by atomic mass is 10.0. The van der Waals surface area contributed by atoms with Crippen LogP contribution in [0.3, 0.4) is 0 Å². The van der Waals surface area contributed by atoms with Crippen molar-refractivity contribution in [2.75, 3.05) is 11.9 Å². The van der Waals surface area contributed by atoms with Crippen molar-refractivity contribution in [3.63, 3.8) is 0 Å². The van der Waals surface area contributed by atoms with Crippen molar-refractivity contribution in [2.45, 2.75) is 20.8 Å². The normalized spacial score (nSPS) is 15.7. The Morgan fingerprint density at radius 1 is 1.00 bits per heavy atom. The molecule has 0 saturated heterocycles. The summed E-state index contributed by atoms with van der Waals surface area (Å²) >= 11 is 0. The first kappa shape index (κ1) is 15.2. The molecule has 0 atom stereocenters. The summed E-state index contributed by atoms with van der Waals surface area (Å²) in [5.74, 6) is -0.125. The Kier molecular flexibility index (Phi) is 3.82. The second-order valence-corrected chi connectivity index (χ2v) is 5.87. The maximum Gasteiger partial charge on any atom is 0.279 e. The van der Waals surface area contributed by atoms with E-state index in [9.17, 15) is 4.79 Å². The van der Waals surface area contributed by atoms with Crippen LogP contribution in [0, 0.1) is 20.8 Å². The summed E-state index contributed by atoms with van der Waals surface area (Å²) in [6.45, 7) is 6.21. The van der Waals surface area contributed by atoms with Crippen molar-refractivity contribution in [3.8, 4) is 0 Å². The van der Waals surface area contributed by atoms with Gasteiger partial charge in [0.2, 0.25) is 0 Å². The molecular formula is C19H19N3O. The molecule has 3 rings (SSSR count). The van der Waals surface area contributed by atoms with Gasteiger partial charge in [0.25, 0.3) is 5.91 Å². The number of para-hydroxylation sites is 1. The van der Waals surface area contributed by atoms with Gasteiger partial charge in [-0.05, 0) is 55.2 Å². The van der Waals surface area contributed by atoms with Crippen molar-refractivity contribution in [1.29, 1.82) is 0 Å². The predicted molar refractivity (Wildman–Crippen MR) is 94.6 cm³/mol. The highest BCUT2D eigenvalue weighted by molar-refractivity contribution is 6.54. The maximum atomic E-state index is 12.3. The van der Waals surface area contributed by atoms with Crippen molar-refractivity contribution in [1.82, 2.24) is 0 Å². The molecule has 0 aliphatic carbocycles. The van der Waals surface area contributed by atoms with Gasteiger partial charge in [-0.3, -0.25) is 4.79 Å². The Balaban J connectivity index is 1.95. The maximum absolute atomic E-state index is 12.3. The fourth-order valence-corrected chi connectivity index (χ4v) is 2.72. The van der Waals surface area contributed by atoms with Gasteiger partial charge in [-0.1, -0.05) is 24.3 Å². The van der Waals surface area contributed by atoms with Crippen LogP contribution in [0.15, 0.2) is 46.6 Å². The molecule has 0 saturated carbocycles. The molecular weight excluding hydrogens is 286 g/mol. The topological polar surface area (TPSA) is 45.0 Å². The van der Waals surface area contributed by atoms with Gasteiger partial charge in [-0.15, -0.1) is 5.10 Å². The minimum Gasteiger partial charge on any atom is -0.309 e. The number of carbonyl (C=O) groups excluding carboxylic acids is 1. The molecule has 0 fully saturated rings. The molecule has 4 heteroatoms. The average Bonchev–Trinajstić information content (AvgIpc) is 2.77. The van der Waals surface area contributed by atoms with Crippen molar-refractivity contribution in [2.24, 2.45) is 10.2 Å². The number of likely N-dealkylation sites (N-methyl/N-ethyl adjacent to an activating group) is 1. The number of anilines is 1. The number of aryl methyl sites for hydroxylation is 3. The molecule has 1 amide bonds. The van der Waals surface area contributed by atoms with Crippen LogP contribution in [0.1, 0.15) is 27.8 Å². The number of rotatable bonds is 2. The predicted octanol–water partition coefficient (Wildman–Crippen LogP) is 3.41. The van der Waals surface area contributed by atoms with Crippen LogP contribution >= 0.6 is 0 Å². The van der Waals surface area contributed by atoms with Crippen LogP contribution in [0.5, 0.6) is 0 Å². The van der Waals surface area contributed by atoms with Crippen molar-refractivity contribution < 1.29 is 4.79 Å². The van der Waals surface area contributed by atoms with Crippen LogP contribution in [0.4, 0.5) is 5.69 Å². The first-order valence-corrected chi connectivity index (χ1v) is 7.55. The van der Waals surface area contributed by atoms with Crippen LogP contribution in [0.2, 0.25) is 0 Å². The van der Waals surface area contributed by atoms with Crippen LogP contribution < -0.4 is 4.90 Å². The summed E-state index contributed by atoms with van der Waals surface area (Å²) in [5.41, 5.74) is 6.72. The SMILES string of the molecule is Cc1cc(C)c(/C=N\N=C2\C(=O)N(C)c3ccccc32)cc1C. The zero-order valence-electron chi connectivity index (χ0n) is 13.8. The average molecular weight is 305 g/mol. The molecule has 2 aromatic carbocycles. The smallest absolute Gasteiger partial charge is 0.279 e.